The van der Waals surface area contributed by atoms with E-state index >= 15 is 0 Å². The Morgan fingerprint density at radius 2 is 1.83 bits per heavy atom. The normalized spacial score (nSPS) is 12.2. The third-order valence-electron chi connectivity index (χ3n) is 4.76. The molecule has 1 aromatic carbocycles. The summed E-state index contributed by atoms with van der Waals surface area (Å²) in [6.45, 7) is 2.00. The van der Waals surface area contributed by atoms with E-state index in [2.05, 4.69) is 10.3 Å². The first-order chi connectivity index (χ1) is 14.0. The fourth-order valence-corrected chi connectivity index (χ4v) is 3.17. The van der Waals surface area contributed by atoms with Crippen molar-refractivity contribution in [3.05, 3.63) is 78.5 Å². The Hall–Kier alpha value is -3.58. The van der Waals surface area contributed by atoms with E-state index in [1.807, 2.05) is 30.5 Å². The second kappa shape index (κ2) is 7.81. The molecule has 0 aliphatic rings. The summed E-state index contributed by atoms with van der Waals surface area (Å²) in [4.78, 5) is 15.1. The Labute approximate surface area is 166 Å². The van der Waals surface area contributed by atoms with Crippen molar-refractivity contribution in [1.29, 1.82) is 0 Å². The number of aromatic nitrogens is 3. The number of halogens is 1. The van der Waals surface area contributed by atoms with Crippen LogP contribution in [-0.4, -0.2) is 31.7 Å². The highest BCUT2D eigenvalue weighted by molar-refractivity contribution is 5.92. The van der Waals surface area contributed by atoms with Crippen LogP contribution in [0.2, 0.25) is 0 Å². The van der Waals surface area contributed by atoms with Crippen molar-refractivity contribution < 1.29 is 14.3 Å². The van der Waals surface area contributed by atoms with Gasteiger partial charge in [-0.3, -0.25) is 9.78 Å². The monoisotopic (exact) mass is 390 g/mol. The zero-order valence-corrected chi connectivity index (χ0v) is 15.7. The number of nitrogens with one attached hydrogen (secondary N) is 1. The lowest BCUT2D eigenvalue weighted by Gasteiger charge is -2.09. The predicted octanol–water partition coefficient (Wildman–Crippen LogP) is 3.77. The molecule has 4 aromatic rings. The molecular formula is C22H19FN4O2. The van der Waals surface area contributed by atoms with Crippen LogP contribution in [0.25, 0.3) is 27.9 Å². The summed E-state index contributed by atoms with van der Waals surface area (Å²) in [5.74, 6) is -1.20. The maximum Gasteiger partial charge on any atom is 0.320 e. The molecule has 0 bridgehead atoms. The Morgan fingerprint density at radius 3 is 2.52 bits per heavy atom. The number of carboxylic acids is 1. The molecule has 29 heavy (non-hydrogen) atoms. The molecule has 7 heteroatoms. The molecule has 6 nitrogen and oxygen atoms in total. The van der Waals surface area contributed by atoms with E-state index in [0.29, 0.717) is 6.54 Å². The highest BCUT2D eigenvalue weighted by Gasteiger charge is 2.17. The molecule has 0 saturated heterocycles. The fraction of sp³-hybridized carbons (Fsp3) is 0.136. The number of hydrogen-bond acceptors (Lipinski definition) is 4. The van der Waals surface area contributed by atoms with Gasteiger partial charge in [0.2, 0.25) is 0 Å². The molecule has 0 aliphatic heterocycles. The molecule has 0 unspecified atom stereocenters. The number of carboxylic acid groups (broad SMARTS) is 1. The lowest BCUT2D eigenvalue weighted by molar-refractivity contribution is -0.139. The number of pyridine rings is 2. The standard InChI is InChI=1S/C22H19FN4O2/c1-14(22(28)29)25-12-15-2-7-19-20(16-8-10-24-11-9-16)21(26-27(19)13-15)17-3-5-18(23)6-4-17/h2-11,13-14,25H,12H2,1H3,(H,28,29)/t14-/m0/s1. The molecular weight excluding hydrogens is 371 g/mol. The third-order valence-corrected chi connectivity index (χ3v) is 4.76. The van der Waals surface area contributed by atoms with E-state index < -0.39 is 12.0 Å². The van der Waals surface area contributed by atoms with Crippen molar-refractivity contribution in [2.24, 2.45) is 0 Å². The number of nitrogens with zero attached hydrogens (tertiary/aromatic N) is 3. The van der Waals surface area contributed by atoms with Gasteiger partial charge in [-0.05, 0) is 60.5 Å². The summed E-state index contributed by atoms with van der Waals surface area (Å²) >= 11 is 0. The zero-order chi connectivity index (χ0) is 20.4. The molecule has 0 fully saturated rings. The van der Waals surface area contributed by atoms with Crippen LogP contribution in [-0.2, 0) is 11.3 Å². The number of fused-ring (bicyclic) bond motifs is 1. The molecule has 0 radical (unpaired) electrons. The first-order valence-corrected chi connectivity index (χ1v) is 9.17. The van der Waals surface area contributed by atoms with E-state index in [9.17, 15) is 9.18 Å². The molecule has 0 amide bonds. The summed E-state index contributed by atoms with van der Waals surface area (Å²) in [5.41, 5.74) is 5.23. The molecule has 3 aromatic heterocycles. The smallest absolute Gasteiger partial charge is 0.320 e. The highest BCUT2D eigenvalue weighted by Crippen LogP contribution is 2.35. The molecule has 1 atom stereocenters. The van der Waals surface area contributed by atoms with Gasteiger partial charge in [-0.25, -0.2) is 8.91 Å². The number of rotatable bonds is 6. The Balaban J connectivity index is 1.80. The average molecular weight is 390 g/mol. The minimum absolute atomic E-state index is 0.302. The van der Waals surface area contributed by atoms with Gasteiger partial charge in [0.25, 0.3) is 0 Å². The molecule has 0 spiro atoms. The lowest BCUT2D eigenvalue weighted by Crippen LogP contribution is -2.33. The zero-order valence-electron chi connectivity index (χ0n) is 15.7. The van der Waals surface area contributed by atoms with Crippen LogP contribution >= 0.6 is 0 Å². The summed E-state index contributed by atoms with van der Waals surface area (Å²) < 4.78 is 15.2. The van der Waals surface area contributed by atoms with E-state index in [4.69, 9.17) is 10.2 Å². The summed E-state index contributed by atoms with van der Waals surface area (Å²) in [6, 6.07) is 13.3. The van der Waals surface area contributed by atoms with E-state index in [1.54, 1.807) is 36.0 Å². The second-order valence-electron chi connectivity index (χ2n) is 6.77. The van der Waals surface area contributed by atoms with Crippen LogP contribution < -0.4 is 5.32 Å². The fourth-order valence-electron chi connectivity index (χ4n) is 3.17. The summed E-state index contributed by atoms with van der Waals surface area (Å²) in [7, 11) is 0. The van der Waals surface area contributed by atoms with Gasteiger partial charge >= 0.3 is 5.97 Å². The second-order valence-corrected chi connectivity index (χ2v) is 6.77. The van der Waals surface area contributed by atoms with Crippen molar-refractivity contribution in [2.75, 3.05) is 0 Å². The minimum atomic E-state index is -0.899. The van der Waals surface area contributed by atoms with Gasteiger partial charge < -0.3 is 10.4 Å². The quantitative estimate of drug-likeness (QED) is 0.524. The summed E-state index contributed by atoms with van der Waals surface area (Å²) in [5, 5.41) is 16.7. The Kier molecular flexibility index (Phi) is 5.05. The van der Waals surface area contributed by atoms with Gasteiger partial charge in [0.05, 0.1) is 5.52 Å². The van der Waals surface area contributed by atoms with Crippen LogP contribution in [0, 0.1) is 5.82 Å². The molecule has 2 N–H and O–H groups in total. The number of hydrogen-bond donors (Lipinski definition) is 2. The maximum absolute atomic E-state index is 13.4. The van der Waals surface area contributed by atoms with Gasteiger partial charge in [0.1, 0.15) is 17.6 Å². The summed E-state index contributed by atoms with van der Waals surface area (Å²) in [6.07, 6.45) is 5.31. The first-order valence-electron chi connectivity index (χ1n) is 9.17. The SMILES string of the molecule is C[C@H](NCc1ccc2c(-c3ccncc3)c(-c3ccc(F)cc3)nn2c1)C(=O)O. The molecule has 3 heterocycles. The van der Waals surface area contributed by atoms with Crippen molar-refractivity contribution in [2.45, 2.75) is 19.5 Å². The number of aliphatic carboxylic acids is 1. The Bertz CT molecular complexity index is 1160. The van der Waals surface area contributed by atoms with Gasteiger partial charge in [-0.1, -0.05) is 6.07 Å². The van der Waals surface area contributed by atoms with Gasteiger partial charge in [0, 0.05) is 36.3 Å². The maximum atomic E-state index is 13.4. The van der Waals surface area contributed by atoms with Gasteiger partial charge in [0.15, 0.2) is 0 Å². The van der Waals surface area contributed by atoms with Crippen LogP contribution in [0.5, 0.6) is 0 Å². The van der Waals surface area contributed by atoms with E-state index in [1.165, 1.54) is 12.1 Å². The first kappa shape index (κ1) is 18.8. The van der Waals surface area contributed by atoms with Crippen LogP contribution in [0.1, 0.15) is 12.5 Å². The highest BCUT2D eigenvalue weighted by atomic mass is 19.1. The van der Waals surface area contributed by atoms with Crippen molar-refractivity contribution in [1.82, 2.24) is 19.9 Å². The van der Waals surface area contributed by atoms with Crippen molar-refractivity contribution >= 4 is 11.5 Å². The van der Waals surface area contributed by atoms with Gasteiger partial charge in [-0.2, -0.15) is 5.10 Å². The van der Waals surface area contributed by atoms with Crippen LogP contribution in [0.3, 0.4) is 0 Å². The number of benzene rings is 1. The van der Waals surface area contributed by atoms with Crippen LogP contribution in [0.15, 0.2) is 67.1 Å². The van der Waals surface area contributed by atoms with Crippen molar-refractivity contribution in [3.8, 4) is 22.4 Å². The molecule has 0 saturated carbocycles. The Morgan fingerprint density at radius 1 is 1.10 bits per heavy atom. The predicted molar refractivity (Wildman–Crippen MR) is 108 cm³/mol. The third kappa shape index (κ3) is 3.86. The number of carbonyl (C=O) groups is 1. The topological polar surface area (TPSA) is 79.5 Å². The molecule has 0 aliphatic carbocycles. The lowest BCUT2D eigenvalue weighted by atomic mass is 10.0. The average Bonchev–Trinajstić information content (AvgIpc) is 3.11. The van der Waals surface area contributed by atoms with E-state index in [0.717, 1.165) is 33.5 Å². The largest absolute Gasteiger partial charge is 0.480 e. The minimum Gasteiger partial charge on any atom is -0.480 e. The molecule has 146 valence electrons. The van der Waals surface area contributed by atoms with Crippen LogP contribution in [0.4, 0.5) is 4.39 Å². The van der Waals surface area contributed by atoms with Crippen molar-refractivity contribution in [3.63, 3.8) is 0 Å². The van der Waals surface area contributed by atoms with Gasteiger partial charge in [-0.15, -0.1) is 0 Å². The molecule has 4 rings (SSSR count). The van der Waals surface area contributed by atoms with E-state index in [-0.39, 0.29) is 5.82 Å².